The Morgan fingerprint density at radius 1 is 1.11 bits per heavy atom. The van der Waals surface area contributed by atoms with Crippen LogP contribution in [-0.4, -0.2) is 66.6 Å². The van der Waals surface area contributed by atoms with Crippen LogP contribution in [-0.2, 0) is 4.74 Å². The molecule has 1 unspecified atom stereocenters. The van der Waals surface area contributed by atoms with E-state index in [1.807, 2.05) is 41.8 Å². The summed E-state index contributed by atoms with van der Waals surface area (Å²) in [5.41, 5.74) is 2.92. The van der Waals surface area contributed by atoms with E-state index in [2.05, 4.69) is 25.3 Å². The molecule has 0 saturated carbocycles. The number of H-pyrrole nitrogens is 1. The number of para-hydroxylation sites is 1. The fourth-order valence-corrected chi connectivity index (χ4v) is 4.56. The van der Waals surface area contributed by atoms with Crippen LogP contribution in [0.3, 0.4) is 0 Å². The summed E-state index contributed by atoms with van der Waals surface area (Å²) < 4.78 is 22.6. The lowest BCUT2D eigenvalue weighted by Gasteiger charge is -2.27. The van der Waals surface area contributed by atoms with Crippen molar-refractivity contribution < 1.29 is 13.9 Å². The summed E-state index contributed by atoms with van der Waals surface area (Å²) in [4.78, 5) is 35.8. The number of hydrogen-bond acceptors (Lipinski definition) is 7. The monoisotopic (exact) mass is 486 g/mol. The van der Waals surface area contributed by atoms with Gasteiger partial charge in [-0.1, -0.05) is 18.2 Å². The van der Waals surface area contributed by atoms with Crippen molar-refractivity contribution in [1.82, 2.24) is 34.4 Å². The minimum Gasteiger partial charge on any atom is -0.378 e. The lowest BCUT2D eigenvalue weighted by Crippen LogP contribution is -2.41. The molecule has 6 rings (SSSR count). The Labute approximate surface area is 205 Å². The van der Waals surface area contributed by atoms with Crippen molar-refractivity contribution in [3.05, 3.63) is 72.3 Å². The predicted octanol–water partition coefficient (Wildman–Crippen LogP) is 3.48. The summed E-state index contributed by atoms with van der Waals surface area (Å²) in [5, 5.41) is 3.36. The van der Waals surface area contributed by atoms with Crippen LogP contribution >= 0.6 is 0 Å². The average Bonchev–Trinajstić information content (AvgIpc) is 3.55. The van der Waals surface area contributed by atoms with Crippen LogP contribution in [0.1, 0.15) is 29.1 Å². The number of halogens is 1. The van der Waals surface area contributed by atoms with Gasteiger partial charge in [-0.05, 0) is 31.2 Å². The highest BCUT2D eigenvalue weighted by Gasteiger charge is 2.29. The van der Waals surface area contributed by atoms with E-state index in [0.29, 0.717) is 60.1 Å². The highest BCUT2D eigenvalue weighted by Crippen LogP contribution is 2.32. The molecule has 1 amide bonds. The van der Waals surface area contributed by atoms with Crippen LogP contribution in [0.15, 0.2) is 55.1 Å². The summed E-state index contributed by atoms with van der Waals surface area (Å²) in [7, 11) is 0. The van der Waals surface area contributed by atoms with E-state index < -0.39 is 5.82 Å². The van der Waals surface area contributed by atoms with Gasteiger partial charge in [0.25, 0.3) is 5.91 Å². The highest BCUT2D eigenvalue weighted by atomic mass is 19.1. The quantitative estimate of drug-likeness (QED) is 0.391. The van der Waals surface area contributed by atoms with Gasteiger partial charge >= 0.3 is 0 Å². The van der Waals surface area contributed by atoms with Crippen molar-refractivity contribution in [3.8, 4) is 5.69 Å². The van der Waals surface area contributed by atoms with Crippen molar-refractivity contribution in [1.29, 1.82) is 0 Å². The van der Waals surface area contributed by atoms with E-state index >= 15 is 4.39 Å². The second kappa shape index (κ2) is 9.00. The van der Waals surface area contributed by atoms with Crippen LogP contribution in [0.4, 0.5) is 10.2 Å². The minimum atomic E-state index is -0.586. The van der Waals surface area contributed by atoms with E-state index in [4.69, 9.17) is 9.72 Å². The Kier molecular flexibility index (Phi) is 5.53. The van der Waals surface area contributed by atoms with Crippen LogP contribution in [0.25, 0.3) is 27.9 Å². The molecule has 4 heterocycles. The number of benzene rings is 2. The summed E-state index contributed by atoms with van der Waals surface area (Å²) in [6.45, 7) is 3.60. The number of carbonyl (C=O) groups excluding carboxylic acids is 1. The maximum atomic E-state index is 15.4. The van der Waals surface area contributed by atoms with E-state index in [0.717, 1.165) is 5.69 Å². The molecule has 0 bridgehead atoms. The summed E-state index contributed by atoms with van der Waals surface area (Å²) >= 11 is 0. The number of nitrogens with zero attached hydrogens (tertiary/aromatic N) is 6. The molecule has 0 spiro atoms. The zero-order chi connectivity index (χ0) is 24.6. The van der Waals surface area contributed by atoms with Crippen molar-refractivity contribution in [2.24, 2.45) is 0 Å². The molecule has 11 heteroatoms. The van der Waals surface area contributed by atoms with Gasteiger partial charge in [0.05, 0.1) is 36.6 Å². The van der Waals surface area contributed by atoms with E-state index in [-0.39, 0.29) is 17.5 Å². The minimum absolute atomic E-state index is 0.000862. The van der Waals surface area contributed by atoms with Gasteiger partial charge in [-0.25, -0.2) is 24.3 Å². The normalized spacial score (nSPS) is 14.9. The molecule has 2 N–H and O–H groups in total. The second-order valence-electron chi connectivity index (χ2n) is 8.52. The molecule has 1 fully saturated rings. The number of nitrogens with one attached hydrogen (secondary N) is 2. The SMILES string of the molecule is CC(Nc1ncnc2[nH]cnc12)c1nc2ccc(F)c(C(=O)N3CCOCC3)c2n1-c1ccccc1. The number of fused-ring (bicyclic) bond motifs is 2. The Hall–Kier alpha value is -4.38. The lowest BCUT2D eigenvalue weighted by atomic mass is 10.1. The molecule has 10 nitrogen and oxygen atoms in total. The van der Waals surface area contributed by atoms with Crippen LogP contribution in [0, 0.1) is 5.82 Å². The molecule has 1 saturated heterocycles. The first kappa shape index (κ1) is 22.1. The average molecular weight is 487 g/mol. The third-order valence-corrected chi connectivity index (χ3v) is 6.28. The molecule has 1 atom stereocenters. The topological polar surface area (TPSA) is 114 Å². The maximum Gasteiger partial charge on any atom is 0.259 e. The summed E-state index contributed by atoms with van der Waals surface area (Å²) in [5.74, 6) is 0.174. The Balaban J connectivity index is 1.52. The molecular weight excluding hydrogens is 463 g/mol. The zero-order valence-electron chi connectivity index (χ0n) is 19.5. The van der Waals surface area contributed by atoms with Crippen molar-refractivity contribution in [2.75, 3.05) is 31.6 Å². The number of aromatic nitrogens is 6. The van der Waals surface area contributed by atoms with Crippen LogP contribution < -0.4 is 5.32 Å². The molecule has 3 aromatic heterocycles. The number of ether oxygens (including phenoxy) is 1. The van der Waals surface area contributed by atoms with Crippen LogP contribution in [0.5, 0.6) is 0 Å². The van der Waals surface area contributed by atoms with Crippen molar-refractivity contribution >= 4 is 33.9 Å². The Morgan fingerprint density at radius 2 is 1.92 bits per heavy atom. The molecule has 2 aromatic carbocycles. The standard InChI is InChI=1S/C25H23FN8O2/c1-15(31-23-20-22(28-13-27-20)29-14-30-23)24-32-18-8-7-17(26)19(25(35)33-9-11-36-12-10-33)21(18)34(24)16-5-3-2-4-6-16/h2-8,13-15H,9-12H2,1H3,(H2,27,28,29,30,31). The number of imidazole rings is 2. The number of hydrogen-bond donors (Lipinski definition) is 2. The lowest BCUT2D eigenvalue weighted by molar-refractivity contribution is 0.0301. The Morgan fingerprint density at radius 3 is 2.72 bits per heavy atom. The van der Waals surface area contributed by atoms with Gasteiger partial charge in [-0.3, -0.25) is 9.36 Å². The third kappa shape index (κ3) is 3.73. The van der Waals surface area contributed by atoms with Gasteiger partial charge < -0.3 is 19.9 Å². The first-order chi connectivity index (χ1) is 17.6. The van der Waals surface area contributed by atoms with Gasteiger partial charge in [0.2, 0.25) is 0 Å². The molecule has 36 heavy (non-hydrogen) atoms. The van der Waals surface area contributed by atoms with Crippen LogP contribution in [0.2, 0.25) is 0 Å². The van der Waals surface area contributed by atoms with E-state index in [1.54, 1.807) is 17.3 Å². The zero-order valence-corrected chi connectivity index (χ0v) is 19.5. The fourth-order valence-electron chi connectivity index (χ4n) is 4.56. The summed E-state index contributed by atoms with van der Waals surface area (Å²) in [6.07, 6.45) is 3.00. The van der Waals surface area contributed by atoms with E-state index in [9.17, 15) is 4.79 Å². The number of anilines is 1. The van der Waals surface area contributed by atoms with Gasteiger partial charge in [0.1, 0.15) is 29.0 Å². The molecule has 0 aliphatic carbocycles. The number of carbonyl (C=O) groups is 1. The summed E-state index contributed by atoms with van der Waals surface area (Å²) in [6, 6.07) is 12.0. The molecular formula is C25H23FN8O2. The number of aromatic amines is 1. The van der Waals surface area contributed by atoms with E-state index in [1.165, 1.54) is 12.4 Å². The molecule has 1 aliphatic heterocycles. The molecule has 1 aliphatic rings. The molecule has 182 valence electrons. The highest BCUT2D eigenvalue weighted by molar-refractivity contribution is 6.06. The smallest absolute Gasteiger partial charge is 0.259 e. The number of morpholine rings is 1. The van der Waals surface area contributed by atoms with Crippen molar-refractivity contribution in [3.63, 3.8) is 0 Å². The third-order valence-electron chi connectivity index (χ3n) is 6.28. The molecule has 5 aromatic rings. The molecule has 0 radical (unpaired) electrons. The van der Waals surface area contributed by atoms with Gasteiger partial charge in [-0.2, -0.15) is 0 Å². The van der Waals surface area contributed by atoms with Gasteiger partial charge in [0.15, 0.2) is 11.5 Å². The number of amides is 1. The van der Waals surface area contributed by atoms with Crippen molar-refractivity contribution in [2.45, 2.75) is 13.0 Å². The predicted molar refractivity (Wildman–Crippen MR) is 131 cm³/mol. The first-order valence-electron chi connectivity index (χ1n) is 11.7. The first-order valence-corrected chi connectivity index (χ1v) is 11.7. The maximum absolute atomic E-state index is 15.4. The Bertz CT molecular complexity index is 1560. The van der Waals surface area contributed by atoms with Gasteiger partial charge in [0, 0.05) is 18.8 Å². The van der Waals surface area contributed by atoms with Gasteiger partial charge in [-0.15, -0.1) is 0 Å². The fraction of sp³-hybridized carbons (Fsp3) is 0.240. The second-order valence-corrected chi connectivity index (χ2v) is 8.52. The number of rotatable bonds is 5. The largest absolute Gasteiger partial charge is 0.378 e.